The van der Waals surface area contributed by atoms with Gasteiger partial charge in [-0.3, -0.25) is 4.79 Å². The molecule has 0 aliphatic heterocycles. The number of anilines is 1. The highest BCUT2D eigenvalue weighted by Gasteiger charge is 2.27. The number of carbonyl (C=O) groups is 1. The maximum Gasteiger partial charge on any atom is 0.227 e. The average Bonchev–Trinajstić information content (AvgIpc) is 3.22. The molecule has 1 aliphatic carbocycles. The van der Waals surface area contributed by atoms with Gasteiger partial charge in [0.15, 0.2) is 0 Å². The molecule has 7 heteroatoms. The number of imidazole rings is 1. The SMILES string of the molecule is Cc1ncn(-c2ccc(NC(=O)C3CCc4n[nH]nc4C3)cc2)c1C. The minimum absolute atomic E-state index is 0.0380. The molecule has 0 saturated heterocycles. The average molecular weight is 336 g/mol. The van der Waals surface area contributed by atoms with Gasteiger partial charge in [0, 0.05) is 29.4 Å². The molecule has 1 atom stereocenters. The Labute approximate surface area is 145 Å². The Morgan fingerprint density at radius 2 is 1.96 bits per heavy atom. The molecule has 128 valence electrons. The van der Waals surface area contributed by atoms with Crippen molar-refractivity contribution in [2.75, 3.05) is 5.32 Å². The number of H-pyrrole nitrogens is 1. The third-order valence-corrected chi connectivity index (χ3v) is 4.91. The Bertz CT molecular complexity index is 908. The Balaban J connectivity index is 1.45. The van der Waals surface area contributed by atoms with Crippen molar-refractivity contribution in [2.24, 2.45) is 5.92 Å². The number of nitrogens with one attached hydrogen (secondary N) is 2. The van der Waals surface area contributed by atoms with Crippen LogP contribution in [0.5, 0.6) is 0 Å². The largest absolute Gasteiger partial charge is 0.326 e. The van der Waals surface area contributed by atoms with Gasteiger partial charge in [-0.05, 0) is 51.0 Å². The zero-order chi connectivity index (χ0) is 17.4. The fraction of sp³-hybridized carbons (Fsp3) is 0.333. The molecule has 1 amide bonds. The van der Waals surface area contributed by atoms with Gasteiger partial charge in [0.25, 0.3) is 0 Å². The second-order valence-corrected chi connectivity index (χ2v) is 6.48. The maximum absolute atomic E-state index is 12.5. The maximum atomic E-state index is 12.5. The molecule has 2 aromatic heterocycles. The van der Waals surface area contributed by atoms with Crippen molar-refractivity contribution >= 4 is 11.6 Å². The fourth-order valence-electron chi connectivity index (χ4n) is 3.22. The highest BCUT2D eigenvalue weighted by atomic mass is 16.1. The van der Waals surface area contributed by atoms with E-state index in [-0.39, 0.29) is 11.8 Å². The van der Waals surface area contributed by atoms with Crippen molar-refractivity contribution in [3.8, 4) is 5.69 Å². The van der Waals surface area contributed by atoms with Gasteiger partial charge in [0.1, 0.15) is 0 Å². The molecule has 0 saturated carbocycles. The van der Waals surface area contributed by atoms with Crippen LogP contribution in [0.1, 0.15) is 29.2 Å². The van der Waals surface area contributed by atoms with E-state index in [2.05, 4.69) is 25.7 Å². The summed E-state index contributed by atoms with van der Waals surface area (Å²) in [6.45, 7) is 4.03. The van der Waals surface area contributed by atoms with Gasteiger partial charge in [-0.1, -0.05) is 0 Å². The third-order valence-electron chi connectivity index (χ3n) is 4.91. The summed E-state index contributed by atoms with van der Waals surface area (Å²) in [5.74, 6) is -0.0214. The Morgan fingerprint density at radius 3 is 2.68 bits per heavy atom. The van der Waals surface area contributed by atoms with Crippen LogP contribution < -0.4 is 5.32 Å². The smallest absolute Gasteiger partial charge is 0.227 e. The van der Waals surface area contributed by atoms with Crippen molar-refractivity contribution in [3.05, 3.63) is 53.4 Å². The molecule has 2 heterocycles. The summed E-state index contributed by atoms with van der Waals surface area (Å²) in [6, 6.07) is 7.82. The third kappa shape index (κ3) is 2.93. The van der Waals surface area contributed by atoms with Gasteiger partial charge in [-0.25, -0.2) is 4.98 Å². The molecule has 0 fully saturated rings. The van der Waals surface area contributed by atoms with Gasteiger partial charge >= 0.3 is 0 Å². The van der Waals surface area contributed by atoms with Gasteiger partial charge in [0.2, 0.25) is 5.91 Å². The Kier molecular flexibility index (Phi) is 3.83. The van der Waals surface area contributed by atoms with E-state index in [1.165, 1.54) is 0 Å². The lowest BCUT2D eigenvalue weighted by molar-refractivity contribution is -0.120. The Hall–Kier alpha value is -2.96. The first-order valence-electron chi connectivity index (χ1n) is 8.42. The number of hydrogen-bond donors (Lipinski definition) is 2. The summed E-state index contributed by atoms with van der Waals surface area (Å²) >= 11 is 0. The molecule has 1 aliphatic rings. The van der Waals surface area contributed by atoms with Crippen LogP contribution >= 0.6 is 0 Å². The number of aryl methyl sites for hydroxylation is 2. The number of amides is 1. The number of benzene rings is 1. The van der Waals surface area contributed by atoms with Crippen LogP contribution in [0.15, 0.2) is 30.6 Å². The molecular formula is C18H20N6O. The van der Waals surface area contributed by atoms with Gasteiger partial charge in [0.05, 0.1) is 23.4 Å². The predicted molar refractivity (Wildman–Crippen MR) is 93.6 cm³/mol. The molecular weight excluding hydrogens is 316 g/mol. The summed E-state index contributed by atoms with van der Waals surface area (Å²) in [4.78, 5) is 16.8. The fourth-order valence-corrected chi connectivity index (χ4v) is 3.22. The first kappa shape index (κ1) is 15.6. The Morgan fingerprint density at radius 1 is 1.20 bits per heavy atom. The molecule has 3 aromatic rings. The number of hydrogen-bond acceptors (Lipinski definition) is 4. The van der Waals surface area contributed by atoms with Crippen molar-refractivity contribution in [1.82, 2.24) is 25.0 Å². The van der Waals surface area contributed by atoms with Gasteiger partial charge in [-0.2, -0.15) is 15.4 Å². The van der Waals surface area contributed by atoms with E-state index in [0.717, 1.165) is 47.0 Å². The molecule has 4 rings (SSSR count). The highest BCUT2D eigenvalue weighted by Crippen LogP contribution is 2.24. The summed E-state index contributed by atoms with van der Waals surface area (Å²) in [5.41, 5.74) is 5.85. The minimum Gasteiger partial charge on any atom is -0.326 e. The molecule has 25 heavy (non-hydrogen) atoms. The number of carbonyl (C=O) groups excluding carboxylic acids is 1. The van der Waals surface area contributed by atoms with Crippen LogP contribution in [-0.2, 0) is 17.6 Å². The number of aromatic amines is 1. The minimum atomic E-state index is -0.0594. The number of rotatable bonds is 3. The zero-order valence-electron chi connectivity index (χ0n) is 14.3. The van der Waals surface area contributed by atoms with Crippen molar-refractivity contribution < 1.29 is 4.79 Å². The normalized spacial score (nSPS) is 16.5. The standard InChI is InChI=1S/C18H20N6O/c1-11-12(2)24(10-19-11)15-6-4-14(5-7-15)20-18(25)13-3-8-16-17(9-13)22-23-21-16/h4-7,10,13H,3,8-9H2,1-2H3,(H,20,25)(H,21,22,23). The predicted octanol–water partition coefficient (Wildman–Crippen LogP) is 2.35. The van der Waals surface area contributed by atoms with Crippen LogP contribution in [-0.4, -0.2) is 30.9 Å². The van der Waals surface area contributed by atoms with Crippen LogP contribution in [0, 0.1) is 19.8 Å². The molecule has 7 nitrogen and oxygen atoms in total. The van der Waals surface area contributed by atoms with E-state index in [1.54, 1.807) is 0 Å². The molecule has 2 N–H and O–H groups in total. The second-order valence-electron chi connectivity index (χ2n) is 6.48. The van der Waals surface area contributed by atoms with Crippen molar-refractivity contribution in [2.45, 2.75) is 33.1 Å². The van der Waals surface area contributed by atoms with E-state index in [9.17, 15) is 4.79 Å². The number of nitrogens with zero attached hydrogens (tertiary/aromatic N) is 4. The first-order valence-corrected chi connectivity index (χ1v) is 8.42. The lowest BCUT2D eigenvalue weighted by atomic mass is 9.89. The van der Waals surface area contributed by atoms with Crippen LogP contribution in [0.3, 0.4) is 0 Å². The van der Waals surface area contributed by atoms with Crippen molar-refractivity contribution in [3.63, 3.8) is 0 Å². The number of aromatic nitrogens is 5. The van der Waals surface area contributed by atoms with Crippen LogP contribution in [0.2, 0.25) is 0 Å². The van der Waals surface area contributed by atoms with E-state index in [4.69, 9.17) is 0 Å². The molecule has 1 aromatic carbocycles. The molecule has 0 bridgehead atoms. The zero-order valence-corrected chi connectivity index (χ0v) is 14.3. The monoisotopic (exact) mass is 336 g/mol. The quantitative estimate of drug-likeness (QED) is 0.768. The second kappa shape index (κ2) is 6.16. The number of fused-ring (bicyclic) bond motifs is 1. The van der Waals surface area contributed by atoms with Crippen LogP contribution in [0.4, 0.5) is 5.69 Å². The van der Waals surface area contributed by atoms with E-state index in [1.807, 2.05) is 49.0 Å². The lowest BCUT2D eigenvalue weighted by Crippen LogP contribution is -2.28. The van der Waals surface area contributed by atoms with E-state index >= 15 is 0 Å². The summed E-state index contributed by atoms with van der Waals surface area (Å²) in [6.07, 6.45) is 4.05. The molecule has 0 spiro atoms. The molecule has 0 radical (unpaired) electrons. The lowest BCUT2D eigenvalue weighted by Gasteiger charge is -2.19. The summed E-state index contributed by atoms with van der Waals surface area (Å²) < 4.78 is 2.04. The summed E-state index contributed by atoms with van der Waals surface area (Å²) in [5, 5.41) is 13.9. The summed E-state index contributed by atoms with van der Waals surface area (Å²) in [7, 11) is 0. The van der Waals surface area contributed by atoms with E-state index < -0.39 is 0 Å². The topological polar surface area (TPSA) is 88.5 Å². The van der Waals surface area contributed by atoms with Crippen LogP contribution in [0.25, 0.3) is 5.69 Å². The molecule has 1 unspecified atom stereocenters. The van der Waals surface area contributed by atoms with Gasteiger partial charge in [-0.15, -0.1) is 0 Å². The highest BCUT2D eigenvalue weighted by molar-refractivity contribution is 5.92. The first-order chi connectivity index (χ1) is 12.1. The van der Waals surface area contributed by atoms with Crippen molar-refractivity contribution in [1.29, 1.82) is 0 Å². The van der Waals surface area contributed by atoms with Gasteiger partial charge < -0.3 is 9.88 Å². The van der Waals surface area contributed by atoms with E-state index in [0.29, 0.717) is 6.42 Å².